The molecule has 0 bridgehead atoms. The molecule has 1 aromatic heterocycles. The molecule has 6 heteroatoms. The molecule has 0 saturated heterocycles. The molecule has 1 N–H and O–H groups in total. The Hall–Kier alpha value is -2.09. The maximum absolute atomic E-state index is 12.1. The minimum atomic E-state index is -0.321. The van der Waals surface area contributed by atoms with Crippen LogP contribution < -0.4 is 5.32 Å². The summed E-state index contributed by atoms with van der Waals surface area (Å²) in [6.45, 7) is 1.75. The number of hydrogen-bond acceptors (Lipinski definition) is 3. The lowest BCUT2D eigenvalue weighted by Crippen LogP contribution is -2.12. The molecule has 0 spiro atoms. The van der Waals surface area contributed by atoms with Gasteiger partial charge in [0.1, 0.15) is 11.2 Å². The Morgan fingerprint density at radius 2 is 2.05 bits per heavy atom. The van der Waals surface area contributed by atoms with Crippen LogP contribution >= 0.6 is 23.2 Å². The van der Waals surface area contributed by atoms with Crippen molar-refractivity contribution < 1.29 is 4.79 Å². The van der Waals surface area contributed by atoms with Crippen molar-refractivity contribution in [3.8, 4) is 6.07 Å². The molecule has 0 fully saturated rings. The summed E-state index contributed by atoms with van der Waals surface area (Å²) < 4.78 is 0. The number of pyridine rings is 1. The fourth-order valence-electron chi connectivity index (χ4n) is 1.65. The number of carbonyl (C=O) groups excluding carboxylic acids is 1. The molecular weight excluding hydrogens is 297 g/mol. The number of amides is 1. The number of aromatic nitrogens is 1. The predicted molar refractivity (Wildman–Crippen MR) is 78.1 cm³/mol. The molecule has 2 rings (SSSR count). The van der Waals surface area contributed by atoms with E-state index in [-0.39, 0.29) is 16.1 Å². The van der Waals surface area contributed by atoms with Gasteiger partial charge in [0, 0.05) is 16.9 Å². The van der Waals surface area contributed by atoms with Crippen LogP contribution in [0.5, 0.6) is 0 Å². The van der Waals surface area contributed by atoms with Crippen molar-refractivity contribution in [3.63, 3.8) is 0 Å². The summed E-state index contributed by atoms with van der Waals surface area (Å²) in [6.07, 6.45) is 0. The number of rotatable bonds is 2. The molecule has 1 heterocycles. The zero-order chi connectivity index (χ0) is 14.7. The van der Waals surface area contributed by atoms with E-state index in [0.717, 1.165) is 0 Å². The minimum Gasteiger partial charge on any atom is -0.322 e. The number of nitrogens with one attached hydrogen (secondary N) is 1. The van der Waals surface area contributed by atoms with E-state index >= 15 is 0 Å². The Morgan fingerprint density at radius 3 is 2.65 bits per heavy atom. The highest BCUT2D eigenvalue weighted by Gasteiger charge is 2.09. The van der Waals surface area contributed by atoms with Crippen LogP contribution in [0.25, 0.3) is 0 Å². The molecule has 0 aliphatic carbocycles. The third-order valence-corrected chi connectivity index (χ3v) is 3.04. The molecular formula is C14H9Cl2N3O. The van der Waals surface area contributed by atoms with Gasteiger partial charge in [0.25, 0.3) is 5.91 Å². The van der Waals surface area contributed by atoms with Gasteiger partial charge in [-0.05, 0) is 37.3 Å². The van der Waals surface area contributed by atoms with E-state index in [1.54, 1.807) is 25.1 Å². The average Bonchev–Trinajstić information content (AvgIpc) is 2.37. The summed E-state index contributed by atoms with van der Waals surface area (Å²) in [5, 5.41) is 12.0. The molecule has 0 radical (unpaired) electrons. The van der Waals surface area contributed by atoms with Crippen LogP contribution in [0, 0.1) is 18.3 Å². The van der Waals surface area contributed by atoms with Crippen molar-refractivity contribution >= 4 is 34.8 Å². The molecule has 0 unspecified atom stereocenters. The molecule has 0 aliphatic heterocycles. The zero-order valence-electron chi connectivity index (χ0n) is 10.4. The van der Waals surface area contributed by atoms with Crippen molar-refractivity contribution in [3.05, 3.63) is 57.3 Å². The monoisotopic (exact) mass is 305 g/mol. The van der Waals surface area contributed by atoms with E-state index in [0.29, 0.717) is 22.5 Å². The first-order valence-corrected chi connectivity index (χ1v) is 6.40. The first-order valence-electron chi connectivity index (χ1n) is 5.65. The summed E-state index contributed by atoms with van der Waals surface area (Å²) in [4.78, 5) is 16.1. The van der Waals surface area contributed by atoms with Crippen molar-refractivity contribution in [2.45, 2.75) is 6.92 Å². The third-order valence-electron chi connectivity index (χ3n) is 2.53. The molecule has 2 aromatic rings. The highest BCUT2D eigenvalue weighted by molar-refractivity contribution is 6.32. The van der Waals surface area contributed by atoms with Gasteiger partial charge in [-0.2, -0.15) is 5.26 Å². The SMILES string of the molecule is Cc1cc(C(=O)Nc2ccc(C#N)c(Cl)c2)cc(Cl)n1. The Kier molecular flexibility index (Phi) is 4.23. The van der Waals surface area contributed by atoms with Gasteiger partial charge in [-0.1, -0.05) is 23.2 Å². The number of nitriles is 1. The number of nitrogens with zero attached hydrogens (tertiary/aromatic N) is 2. The van der Waals surface area contributed by atoms with Crippen LogP contribution in [0.1, 0.15) is 21.6 Å². The summed E-state index contributed by atoms with van der Waals surface area (Å²) in [5.41, 5.74) is 1.92. The van der Waals surface area contributed by atoms with Gasteiger partial charge in [0.05, 0.1) is 10.6 Å². The molecule has 20 heavy (non-hydrogen) atoms. The standard InChI is InChI=1S/C14H9Cl2N3O/c1-8-4-10(5-13(16)18-8)14(20)19-11-3-2-9(7-17)12(15)6-11/h2-6H,1H3,(H,19,20). The second-order valence-corrected chi connectivity index (χ2v) is 4.87. The molecule has 1 aromatic carbocycles. The van der Waals surface area contributed by atoms with Crippen molar-refractivity contribution in [2.75, 3.05) is 5.32 Å². The second kappa shape index (κ2) is 5.91. The van der Waals surface area contributed by atoms with E-state index < -0.39 is 0 Å². The smallest absolute Gasteiger partial charge is 0.255 e. The highest BCUT2D eigenvalue weighted by Crippen LogP contribution is 2.21. The second-order valence-electron chi connectivity index (χ2n) is 4.08. The average molecular weight is 306 g/mol. The highest BCUT2D eigenvalue weighted by atomic mass is 35.5. The van der Waals surface area contributed by atoms with E-state index in [1.165, 1.54) is 12.1 Å². The van der Waals surface area contributed by atoms with Gasteiger partial charge in [-0.3, -0.25) is 4.79 Å². The molecule has 0 atom stereocenters. The molecule has 100 valence electrons. The van der Waals surface area contributed by atoms with Gasteiger partial charge in [-0.15, -0.1) is 0 Å². The first-order chi connectivity index (χ1) is 9.49. The largest absolute Gasteiger partial charge is 0.322 e. The lowest BCUT2D eigenvalue weighted by Gasteiger charge is -2.07. The molecule has 1 amide bonds. The van der Waals surface area contributed by atoms with E-state index in [9.17, 15) is 4.79 Å². The van der Waals surface area contributed by atoms with Crippen molar-refractivity contribution in [1.82, 2.24) is 4.98 Å². The lowest BCUT2D eigenvalue weighted by molar-refractivity contribution is 0.102. The summed E-state index contributed by atoms with van der Waals surface area (Å²) in [5.74, 6) is -0.321. The van der Waals surface area contributed by atoms with Crippen molar-refractivity contribution in [2.24, 2.45) is 0 Å². The number of anilines is 1. The number of carbonyl (C=O) groups is 1. The van der Waals surface area contributed by atoms with Crippen molar-refractivity contribution in [1.29, 1.82) is 5.26 Å². The van der Waals surface area contributed by atoms with Gasteiger partial charge in [-0.25, -0.2) is 4.98 Å². The van der Waals surface area contributed by atoms with E-state index in [1.807, 2.05) is 6.07 Å². The number of benzene rings is 1. The molecule has 0 saturated carbocycles. The maximum Gasteiger partial charge on any atom is 0.255 e. The lowest BCUT2D eigenvalue weighted by atomic mass is 10.2. The van der Waals surface area contributed by atoms with E-state index in [2.05, 4.69) is 10.3 Å². The van der Waals surface area contributed by atoms with Gasteiger partial charge in [0.2, 0.25) is 0 Å². The minimum absolute atomic E-state index is 0.257. The van der Waals surface area contributed by atoms with Crippen LogP contribution in [0.4, 0.5) is 5.69 Å². The predicted octanol–water partition coefficient (Wildman–Crippen LogP) is 3.82. The zero-order valence-corrected chi connectivity index (χ0v) is 12.0. The summed E-state index contributed by atoms with van der Waals surface area (Å²) in [7, 11) is 0. The third kappa shape index (κ3) is 3.27. The van der Waals surface area contributed by atoms with E-state index in [4.69, 9.17) is 28.5 Å². The Bertz CT molecular complexity index is 703. The normalized spacial score (nSPS) is 9.90. The molecule has 0 aliphatic rings. The Labute approximate surface area is 126 Å². The quantitative estimate of drug-likeness (QED) is 0.858. The fourth-order valence-corrected chi connectivity index (χ4v) is 2.12. The van der Waals surface area contributed by atoms with Gasteiger partial charge >= 0.3 is 0 Å². The summed E-state index contributed by atoms with van der Waals surface area (Å²) in [6, 6.07) is 9.74. The van der Waals surface area contributed by atoms with Crippen LogP contribution in [0.15, 0.2) is 30.3 Å². The first kappa shape index (κ1) is 14.3. The summed E-state index contributed by atoms with van der Waals surface area (Å²) >= 11 is 11.7. The van der Waals surface area contributed by atoms with Gasteiger partial charge < -0.3 is 5.32 Å². The number of aryl methyl sites for hydroxylation is 1. The van der Waals surface area contributed by atoms with Crippen LogP contribution in [0.2, 0.25) is 10.2 Å². The van der Waals surface area contributed by atoms with Crippen LogP contribution in [-0.4, -0.2) is 10.9 Å². The van der Waals surface area contributed by atoms with Crippen LogP contribution in [0.3, 0.4) is 0 Å². The Morgan fingerprint density at radius 1 is 1.30 bits per heavy atom. The Balaban J connectivity index is 2.23. The fraction of sp³-hybridized carbons (Fsp3) is 0.0714. The van der Waals surface area contributed by atoms with Gasteiger partial charge in [0.15, 0.2) is 0 Å². The number of halogens is 2. The van der Waals surface area contributed by atoms with Crippen LogP contribution in [-0.2, 0) is 0 Å². The number of hydrogen-bond donors (Lipinski definition) is 1. The molecule has 4 nitrogen and oxygen atoms in total. The maximum atomic E-state index is 12.1. The topological polar surface area (TPSA) is 65.8 Å².